The number of anilines is 1. The Kier molecular flexibility index (Phi) is 5.08. The maximum absolute atomic E-state index is 12.2. The first-order valence-corrected chi connectivity index (χ1v) is 10.0. The smallest absolute Gasteiger partial charge is 0.241 e. The maximum Gasteiger partial charge on any atom is 0.241 e. The number of thiocarbonyl (C=S) groups is 1. The fourth-order valence-corrected chi connectivity index (χ4v) is 3.72. The van der Waals surface area contributed by atoms with Crippen LogP contribution in [0.1, 0.15) is 25.3 Å². The molecule has 1 aliphatic rings. The summed E-state index contributed by atoms with van der Waals surface area (Å²) in [6.07, 6.45) is 2.10. The molecule has 2 aromatic rings. The Hall–Kier alpha value is -1.96. The van der Waals surface area contributed by atoms with Crippen LogP contribution in [-0.4, -0.2) is 26.4 Å². The third kappa shape index (κ3) is 4.00. The summed E-state index contributed by atoms with van der Waals surface area (Å²) in [5, 5.41) is 5.48. The summed E-state index contributed by atoms with van der Waals surface area (Å²) >= 11 is 5.26. The van der Waals surface area contributed by atoms with Crippen molar-refractivity contribution in [3.63, 3.8) is 0 Å². The molecule has 2 aromatic carbocycles. The van der Waals surface area contributed by atoms with Crippen LogP contribution in [0.15, 0.2) is 47.4 Å². The third-order valence-electron chi connectivity index (χ3n) is 4.16. The minimum atomic E-state index is -3.97. The standard InChI is InChI=1S/C18H20N2O3S2/c1-13(24)14-11-16(20-9-5-6-10-20)18(17(12-14)25(19,21)22)23-15-7-3-2-4-8-15/h2-4,7-8,11-12H,5-6,9-10H2,1H3,(H2,19,21,22). The van der Waals surface area contributed by atoms with Gasteiger partial charge in [0.25, 0.3) is 0 Å². The average Bonchev–Trinajstić information content (AvgIpc) is 3.09. The van der Waals surface area contributed by atoms with Crippen molar-refractivity contribution < 1.29 is 13.2 Å². The minimum absolute atomic E-state index is 0.0417. The van der Waals surface area contributed by atoms with Crippen LogP contribution < -0.4 is 14.8 Å². The quantitative estimate of drug-likeness (QED) is 0.639. The average molecular weight is 377 g/mol. The highest BCUT2D eigenvalue weighted by Gasteiger charge is 2.26. The number of rotatable bonds is 5. The Balaban J connectivity index is 2.22. The van der Waals surface area contributed by atoms with Crippen LogP contribution in [0.5, 0.6) is 11.5 Å². The number of benzene rings is 2. The summed E-state index contributed by atoms with van der Waals surface area (Å²) in [4.78, 5) is 2.69. The van der Waals surface area contributed by atoms with Gasteiger partial charge in [0.15, 0.2) is 5.75 Å². The maximum atomic E-state index is 12.2. The second-order valence-corrected chi connectivity index (χ2v) is 8.18. The highest BCUT2D eigenvalue weighted by molar-refractivity contribution is 7.89. The van der Waals surface area contributed by atoms with E-state index < -0.39 is 10.0 Å². The fourth-order valence-electron chi connectivity index (χ4n) is 2.90. The molecule has 0 aromatic heterocycles. The zero-order chi connectivity index (χ0) is 18.0. The number of nitrogens with two attached hydrogens (primary N) is 1. The van der Waals surface area contributed by atoms with Crippen molar-refractivity contribution in [3.05, 3.63) is 48.0 Å². The van der Waals surface area contributed by atoms with Crippen LogP contribution >= 0.6 is 12.2 Å². The van der Waals surface area contributed by atoms with Gasteiger partial charge in [-0.25, -0.2) is 13.6 Å². The number of primary sulfonamides is 1. The van der Waals surface area contributed by atoms with E-state index in [0.29, 0.717) is 21.9 Å². The van der Waals surface area contributed by atoms with E-state index in [4.69, 9.17) is 22.1 Å². The predicted molar refractivity (Wildman–Crippen MR) is 103 cm³/mol. The molecule has 1 heterocycles. The molecular weight excluding hydrogens is 356 g/mol. The molecule has 0 spiro atoms. The lowest BCUT2D eigenvalue weighted by Crippen LogP contribution is -2.21. The van der Waals surface area contributed by atoms with E-state index in [9.17, 15) is 8.42 Å². The lowest BCUT2D eigenvalue weighted by Gasteiger charge is -2.24. The summed E-state index contributed by atoms with van der Waals surface area (Å²) in [6, 6.07) is 12.5. The SMILES string of the molecule is CC(=S)c1cc(N2CCCC2)c(Oc2ccccc2)c(S(N)(=O)=O)c1. The number of sulfonamides is 1. The summed E-state index contributed by atoms with van der Waals surface area (Å²) in [5.41, 5.74) is 1.38. The van der Waals surface area contributed by atoms with Gasteiger partial charge in [-0.2, -0.15) is 0 Å². The highest BCUT2D eigenvalue weighted by atomic mass is 32.2. The summed E-state index contributed by atoms with van der Waals surface area (Å²) < 4.78 is 30.4. The van der Waals surface area contributed by atoms with Gasteiger partial charge < -0.3 is 9.64 Å². The molecule has 0 saturated carbocycles. The van der Waals surface area contributed by atoms with Gasteiger partial charge in [0.1, 0.15) is 10.6 Å². The Morgan fingerprint density at radius 3 is 2.36 bits per heavy atom. The second kappa shape index (κ2) is 7.11. The number of hydrogen-bond acceptors (Lipinski definition) is 5. The van der Waals surface area contributed by atoms with Gasteiger partial charge in [-0.1, -0.05) is 30.4 Å². The molecule has 0 aliphatic carbocycles. The van der Waals surface area contributed by atoms with E-state index in [1.165, 1.54) is 6.07 Å². The van der Waals surface area contributed by atoms with Crippen LogP contribution in [0, 0.1) is 0 Å². The monoisotopic (exact) mass is 376 g/mol. The van der Waals surface area contributed by atoms with Gasteiger partial charge >= 0.3 is 0 Å². The Morgan fingerprint density at radius 2 is 1.80 bits per heavy atom. The van der Waals surface area contributed by atoms with E-state index in [-0.39, 0.29) is 10.6 Å². The Morgan fingerprint density at radius 1 is 1.16 bits per heavy atom. The molecule has 0 radical (unpaired) electrons. The first-order valence-electron chi connectivity index (χ1n) is 8.06. The van der Waals surface area contributed by atoms with Crippen molar-refractivity contribution in [2.45, 2.75) is 24.7 Å². The zero-order valence-electron chi connectivity index (χ0n) is 13.9. The van der Waals surface area contributed by atoms with Crippen molar-refractivity contribution in [2.75, 3.05) is 18.0 Å². The lowest BCUT2D eigenvalue weighted by atomic mass is 10.1. The van der Waals surface area contributed by atoms with Crippen LogP contribution in [0.3, 0.4) is 0 Å². The molecular formula is C18H20N2O3S2. The molecule has 0 atom stereocenters. The van der Waals surface area contributed by atoms with Crippen molar-refractivity contribution >= 4 is 32.8 Å². The summed E-state index contributed by atoms with van der Waals surface area (Å²) in [6.45, 7) is 3.45. The summed E-state index contributed by atoms with van der Waals surface area (Å²) in [5.74, 6) is 0.815. The first-order chi connectivity index (χ1) is 11.9. The molecule has 0 bridgehead atoms. The van der Waals surface area contributed by atoms with E-state index in [2.05, 4.69) is 4.90 Å². The molecule has 1 saturated heterocycles. The van der Waals surface area contributed by atoms with Crippen molar-refractivity contribution in [2.24, 2.45) is 5.14 Å². The van der Waals surface area contributed by atoms with Gasteiger partial charge in [0.2, 0.25) is 10.0 Å². The van der Waals surface area contributed by atoms with Gasteiger partial charge in [-0.15, -0.1) is 0 Å². The molecule has 2 N–H and O–H groups in total. The van der Waals surface area contributed by atoms with Crippen molar-refractivity contribution in [1.82, 2.24) is 0 Å². The van der Waals surface area contributed by atoms with Crippen LogP contribution in [0.25, 0.3) is 0 Å². The third-order valence-corrected chi connectivity index (χ3v) is 5.31. The molecule has 5 nitrogen and oxygen atoms in total. The number of nitrogens with zero attached hydrogens (tertiary/aromatic N) is 1. The van der Waals surface area contributed by atoms with Gasteiger partial charge in [-0.05, 0) is 49.6 Å². The normalized spacial score (nSPS) is 14.6. The molecule has 7 heteroatoms. The zero-order valence-corrected chi connectivity index (χ0v) is 15.6. The molecule has 1 fully saturated rings. The van der Waals surface area contributed by atoms with Gasteiger partial charge in [-0.3, -0.25) is 0 Å². The van der Waals surface area contributed by atoms with E-state index in [1.807, 2.05) is 24.3 Å². The molecule has 0 amide bonds. The van der Waals surface area contributed by atoms with Crippen molar-refractivity contribution in [3.8, 4) is 11.5 Å². The predicted octanol–water partition coefficient (Wildman–Crippen LogP) is 3.46. The fraction of sp³-hybridized carbons (Fsp3) is 0.278. The number of para-hydroxylation sites is 1. The van der Waals surface area contributed by atoms with Gasteiger partial charge in [0.05, 0.1) is 5.69 Å². The molecule has 25 heavy (non-hydrogen) atoms. The topological polar surface area (TPSA) is 72.6 Å². The van der Waals surface area contributed by atoms with Gasteiger partial charge in [0, 0.05) is 18.0 Å². The largest absolute Gasteiger partial charge is 0.454 e. The number of hydrogen-bond donors (Lipinski definition) is 1. The second-order valence-electron chi connectivity index (χ2n) is 6.03. The van der Waals surface area contributed by atoms with E-state index >= 15 is 0 Å². The number of ether oxygens (including phenoxy) is 1. The first kappa shape index (κ1) is 17.8. The molecule has 0 unspecified atom stereocenters. The Labute approximate surface area is 153 Å². The van der Waals surface area contributed by atoms with Crippen LogP contribution in [0.2, 0.25) is 0 Å². The van der Waals surface area contributed by atoms with E-state index in [0.717, 1.165) is 25.9 Å². The highest BCUT2D eigenvalue weighted by Crippen LogP contribution is 2.40. The van der Waals surface area contributed by atoms with Crippen LogP contribution in [0.4, 0.5) is 5.69 Å². The van der Waals surface area contributed by atoms with Crippen molar-refractivity contribution in [1.29, 1.82) is 0 Å². The summed E-state index contributed by atoms with van der Waals surface area (Å²) in [7, 11) is -3.97. The van der Waals surface area contributed by atoms with Crippen LogP contribution in [-0.2, 0) is 10.0 Å². The Bertz CT molecular complexity index is 890. The molecule has 132 valence electrons. The van der Waals surface area contributed by atoms with E-state index in [1.54, 1.807) is 19.1 Å². The lowest BCUT2D eigenvalue weighted by molar-refractivity contribution is 0.467. The molecule has 1 aliphatic heterocycles. The molecule has 3 rings (SSSR count). The minimum Gasteiger partial charge on any atom is -0.454 e.